The van der Waals surface area contributed by atoms with Gasteiger partial charge in [-0.05, 0) is 42.5 Å². The second-order valence-electron chi connectivity index (χ2n) is 7.11. The van der Waals surface area contributed by atoms with E-state index in [1.807, 2.05) is 24.3 Å². The second-order valence-corrected chi connectivity index (χ2v) is 7.52. The van der Waals surface area contributed by atoms with Crippen LogP contribution in [0.15, 0.2) is 54.7 Å². The number of halogens is 2. The van der Waals surface area contributed by atoms with Gasteiger partial charge in [0.15, 0.2) is 5.69 Å². The van der Waals surface area contributed by atoms with Crippen LogP contribution < -0.4 is 4.74 Å². The van der Waals surface area contributed by atoms with Gasteiger partial charge in [-0.1, -0.05) is 17.7 Å². The highest BCUT2D eigenvalue weighted by molar-refractivity contribution is 6.31. The summed E-state index contributed by atoms with van der Waals surface area (Å²) in [6.07, 6.45) is 1.77. The summed E-state index contributed by atoms with van der Waals surface area (Å²) < 4.78 is 20.9. The number of hydrogen-bond acceptors (Lipinski definition) is 4. The minimum absolute atomic E-state index is 0.106. The van der Waals surface area contributed by atoms with Gasteiger partial charge in [0.2, 0.25) is 0 Å². The first-order valence-electron chi connectivity index (χ1n) is 9.70. The molecule has 1 aliphatic heterocycles. The lowest BCUT2D eigenvalue weighted by molar-refractivity contribution is 0.0621. The maximum atomic E-state index is 14.0. The standard InChI is InChI=1S/C22H22ClFN4O2/c1-30-17-7-5-16(6-8-17)28-10-9-21(25-28)22(29)27-13-11-26(12-14-27)15-18-19(23)3-2-4-20(18)24/h2-10H,11-15H2,1H3. The summed E-state index contributed by atoms with van der Waals surface area (Å²) >= 11 is 6.13. The van der Waals surface area contributed by atoms with Crippen molar-refractivity contribution in [1.29, 1.82) is 0 Å². The molecule has 4 rings (SSSR count). The minimum Gasteiger partial charge on any atom is -0.497 e. The summed E-state index contributed by atoms with van der Waals surface area (Å²) in [5.74, 6) is 0.354. The highest BCUT2D eigenvalue weighted by atomic mass is 35.5. The van der Waals surface area contributed by atoms with Gasteiger partial charge in [-0.3, -0.25) is 9.69 Å². The number of ether oxygens (including phenoxy) is 1. The predicted octanol–water partition coefficient (Wildman–Crippen LogP) is 3.63. The van der Waals surface area contributed by atoms with E-state index in [1.165, 1.54) is 6.07 Å². The molecule has 0 atom stereocenters. The van der Waals surface area contributed by atoms with E-state index in [2.05, 4.69) is 10.00 Å². The van der Waals surface area contributed by atoms with Crippen molar-refractivity contribution in [3.05, 3.63) is 76.8 Å². The first-order chi connectivity index (χ1) is 14.5. The third-order valence-corrected chi connectivity index (χ3v) is 5.60. The molecule has 0 aliphatic carbocycles. The maximum absolute atomic E-state index is 14.0. The Labute approximate surface area is 179 Å². The van der Waals surface area contributed by atoms with Crippen LogP contribution in [-0.2, 0) is 6.54 Å². The van der Waals surface area contributed by atoms with Gasteiger partial charge < -0.3 is 9.64 Å². The van der Waals surface area contributed by atoms with Crippen molar-refractivity contribution in [1.82, 2.24) is 19.6 Å². The molecule has 8 heteroatoms. The fourth-order valence-corrected chi connectivity index (χ4v) is 3.72. The molecule has 0 radical (unpaired) electrons. The maximum Gasteiger partial charge on any atom is 0.274 e. The van der Waals surface area contributed by atoms with E-state index in [0.29, 0.717) is 49.0 Å². The topological polar surface area (TPSA) is 50.6 Å². The van der Waals surface area contributed by atoms with Crippen LogP contribution >= 0.6 is 11.6 Å². The smallest absolute Gasteiger partial charge is 0.274 e. The van der Waals surface area contributed by atoms with Crippen LogP contribution in [0.1, 0.15) is 16.1 Å². The van der Waals surface area contributed by atoms with Crippen LogP contribution in [0.5, 0.6) is 5.75 Å². The molecule has 6 nitrogen and oxygen atoms in total. The second kappa shape index (κ2) is 8.85. The number of carbonyl (C=O) groups excluding carboxylic acids is 1. The Morgan fingerprint density at radius 1 is 1.10 bits per heavy atom. The molecule has 1 aliphatic rings. The first-order valence-corrected chi connectivity index (χ1v) is 10.1. The molecule has 156 valence electrons. The summed E-state index contributed by atoms with van der Waals surface area (Å²) in [5.41, 5.74) is 1.75. The Bertz CT molecular complexity index is 1010. The Hall–Kier alpha value is -2.90. The molecule has 0 N–H and O–H groups in total. The lowest BCUT2D eigenvalue weighted by Gasteiger charge is -2.34. The molecular formula is C22H22ClFN4O2. The Kier molecular flexibility index (Phi) is 6.01. The van der Waals surface area contributed by atoms with E-state index < -0.39 is 0 Å². The number of carbonyl (C=O) groups is 1. The average molecular weight is 429 g/mol. The van der Waals surface area contributed by atoms with Gasteiger partial charge >= 0.3 is 0 Å². The Morgan fingerprint density at radius 3 is 2.50 bits per heavy atom. The van der Waals surface area contributed by atoms with Gasteiger partial charge in [-0.25, -0.2) is 9.07 Å². The summed E-state index contributed by atoms with van der Waals surface area (Å²) in [6.45, 7) is 2.84. The van der Waals surface area contributed by atoms with Crippen LogP contribution in [0.25, 0.3) is 5.69 Å². The molecule has 2 heterocycles. The van der Waals surface area contributed by atoms with E-state index in [-0.39, 0.29) is 11.7 Å². The Balaban J connectivity index is 1.37. The molecule has 1 saturated heterocycles. The molecule has 0 unspecified atom stereocenters. The van der Waals surface area contributed by atoms with Crippen molar-refractivity contribution >= 4 is 17.5 Å². The fraction of sp³-hybridized carbons (Fsp3) is 0.273. The number of rotatable bonds is 5. The molecule has 2 aromatic carbocycles. The van der Waals surface area contributed by atoms with Gasteiger partial charge in [0.1, 0.15) is 11.6 Å². The monoisotopic (exact) mass is 428 g/mol. The summed E-state index contributed by atoms with van der Waals surface area (Å²) in [6, 6.07) is 13.9. The quantitative estimate of drug-likeness (QED) is 0.622. The van der Waals surface area contributed by atoms with Crippen molar-refractivity contribution < 1.29 is 13.9 Å². The zero-order valence-corrected chi connectivity index (χ0v) is 17.3. The molecular weight excluding hydrogens is 407 g/mol. The molecule has 1 aromatic heterocycles. The molecule has 0 spiro atoms. The van der Waals surface area contributed by atoms with E-state index >= 15 is 0 Å². The normalized spacial score (nSPS) is 14.7. The first kappa shape index (κ1) is 20.4. The van der Waals surface area contributed by atoms with Gasteiger partial charge in [0.25, 0.3) is 5.91 Å². The number of hydrogen-bond donors (Lipinski definition) is 0. The molecule has 30 heavy (non-hydrogen) atoms. The number of methoxy groups -OCH3 is 1. The van der Waals surface area contributed by atoms with Crippen LogP contribution in [0.4, 0.5) is 4.39 Å². The highest BCUT2D eigenvalue weighted by Crippen LogP contribution is 2.22. The van der Waals surface area contributed by atoms with E-state index in [1.54, 1.807) is 41.1 Å². The van der Waals surface area contributed by atoms with Crippen molar-refractivity contribution in [2.75, 3.05) is 33.3 Å². The lowest BCUT2D eigenvalue weighted by atomic mass is 10.1. The molecule has 0 saturated carbocycles. The largest absolute Gasteiger partial charge is 0.497 e. The lowest BCUT2D eigenvalue weighted by Crippen LogP contribution is -2.48. The molecule has 1 amide bonds. The third kappa shape index (κ3) is 4.32. The number of amides is 1. The highest BCUT2D eigenvalue weighted by Gasteiger charge is 2.24. The average Bonchev–Trinajstić information content (AvgIpc) is 3.27. The molecule has 0 bridgehead atoms. The summed E-state index contributed by atoms with van der Waals surface area (Å²) in [5, 5.41) is 4.85. The van der Waals surface area contributed by atoms with Crippen LogP contribution in [0.2, 0.25) is 5.02 Å². The molecule has 3 aromatic rings. The zero-order chi connectivity index (χ0) is 21.1. The summed E-state index contributed by atoms with van der Waals surface area (Å²) in [7, 11) is 1.62. The predicted molar refractivity (Wildman–Crippen MR) is 113 cm³/mol. The fourth-order valence-electron chi connectivity index (χ4n) is 3.49. The zero-order valence-electron chi connectivity index (χ0n) is 16.6. The van der Waals surface area contributed by atoms with Crippen LogP contribution in [0.3, 0.4) is 0 Å². The van der Waals surface area contributed by atoms with Gasteiger partial charge in [0, 0.05) is 49.5 Å². The van der Waals surface area contributed by atoms with E-state index in [0.717, 1.165) is 11.4 Å². The van der Waals surface area contributed by atoms with E-state index in [4.69, 9.17) is 16.3 Å². The van der Waals surface area contributed by atoms with Crippen molar-refractivity contribution in [3.8, 4) is 11.4 Å². The van der Waals surface area contributed by atoms with Gasteiger partial charge in [-0.15, -0.1) is 0 Å². The Morgan fingerprint density at radius 2 is 1.83 bits per heavy atom. The number of benzene rings is 2. The summed E-state index contributed by atoms with van der Waals surface area (Å²) in [4.78, 5) is 16.7. The number of aromatic nitrogens is 2. The number of nitrogens with zero attached hydrogens (tertiary/aromatic N) is 4. The van der Waals surface area contributed by atoms with Gasteiger partial charge in [-0.2, -0.15) is 5.10 Å². The van der Waals surface area contributed by atoms with E-state index in [9.17, 15) is 9.18 Å². The van der Waals surface area contributed by atoms with Crippen LogP contribution in [0, 0.1) is 5.82 Å². The SMILES string of the molecule is COc1ccc(-n2ccc(C(=O)N3CCN(Cc4c(F)cccc4Cl)CC3)n2)cc1. The number of piperazine rings is 1. The van der Waals surface area contributed by atoms with Gasteiger partial charge in [0.05, 0.1) is 12.8 Å². The van der Waals surface area contributed by atoms with Crippen molar-refractivity contribution in [2.24, 2.45) is 0 Å². The third-order valence-electron chi connectivity index (χ3n) is 5.25. The molecule has 1 fully saturated rings. The van der Waals surface area contributed by atoms with Crippen molar-refractivity contribution in [2.45, 2.75) is 6.54 Å². The minimum atomic E-state index is -0.301. The van der Waals surface area contributed by atoms with Crippen molar-refractivity contribution in [3.63, 3.8) is 0 Å². The van der Waals surface area contributed by atoms with Crippen LogP contribution in [-0.4, -0.2) is 58.8 Å².